The minimum absolute atomic E-state index is 0.451. The number of aromatic nitrogens is 1. The van der Waals surface area contributed by atoms with Crippen molar-refractivity contribution in [2.45, 2.75) is 33.2 Å². The Morgan fingerprint density at radius 1 is 1.59 bits per heavy atom. The fourth-order valence-corrected chi connectivity index (χ4v) is 2.58. The van der Waals surface area contributed by atoms with Crippen LogP contribution in [0.1, 0.15) is 31.7 Å². The summed E-state index contributed by atoms with van der Waals surface area (Å²) in [6.07, 6.45) is 2.84. The standard InChI is InChI=1S/C11H17ClN2O2S/c1-3-11(4-2,10(15)16)7-13-6-9-14-5-8(12)17-9/h5,13H,3-4,6-7H2,1-2H3,(H,15,16). The van der Waals surface area contributed by atoms with Crippen LogP contribution in [0, 0.1) is 5.41 Å². The third-order valence-corrected chi connectivity index (χ3v) is 4.19. The van der Waals surface area contributed by atoms with Crippen LogP contribution in [0.25, 0.3) is 0 Å². The molecular formula is C11H17ClN2O2S. The molecule has 2 N–H and O–H groups in total. The number of halogens is 1. The van der Waals surface area contributed by atoms with Gasteiger partial charge in [0, 0.05) is 13.1 Å². The molecule has 0 amide bonds. The number of hydrogen-bond acceptors (Lipinski definition) is 4. The molecule has 0 fully saturated rings. The summed E-state index contributed by atoms with van der Waals surface area (Å²) in [7, 11) is 0. The molecular weight excluding hydrogens is 260 g/mol. The molecule has 4 nitrogen and oxygen atoms in total. The average molecular weight is 277 g/mol. The van der Waals surface area contributed by atoms with Gasteiger partial charge in [-0.15, -0.1) is 11.3 Å². The Morgan fingerprint density at radius 2 is 2.24 bits per heavy atom. The number of hydrogen-bond donors (Lipinski definition) is 2. The van der Waals surface area contributed by atoms with E-state index in [0.717, 1.165) is 5.01 Å². The van der Waals surface area contributed by atoms with Crippen LogP contribution in [-0.2, 0) is 11.3 Å². The number of aliphatic carboxylic acids is 1. The molecule has 0 radical (unpaired) electrons. The topological polar surface area (TPSA) is 62.2 Å². The largest absolute Gasteiger partial charge is 0.481 e. The minimum Gasteiger partial charge on any atom is -0.481 e. The molecule has 1 heterocycles. The molecule has 96 valence electrons. The van der Waals surface area contributed by atoms with Gasteiger partial charge in [0.1, 0.15) is 9.34 Å². The Bertz CT molecular complexity index is 377. The van der Waals surface area contributed by atoms with Crippen LogP contribution in [0.4, 0.5) is 0 Å². The Balaban J connectivity index is 2.50. The maximum atomic E-state index is 11.3. The van der Waals surface area contributed by atoms with E-state index in [9.17, 15) is 9.90 Å². The van der Waals surface area contributed by atoms with Crippen molar-refractivity contribution in [3.63, 3.8) is 0 Å². The van der Waals surface area contributed by atoms with Crippen LogP contribution >= 0.6 is 22.9 Å². The summed E-state index contributed by atoms with van der Waals surface area (Å²) in [6, 6.07) is 0. The van der Waals surface area contributed by atoms with Crippen LogP contribution in [0.15, 0.2) is 6.20 Å². The van der Waals surface area contributed by atoms with Crippen molar-refractivity contribution in [2.24, 2.45) is 5.41 Å². The van der Waals surface area contributed by atoms with Gasteiger partial charge in [-0.1, -0.05) is 25.4 Å². The van der Waals surface area contributed by atoms with Gasteiger partial charge in [-0.2, -0.15) is 0 Å². The highest BCUT2D eigenvalue weighted by Gasteiger charge is 2.34. The molecule has 0 aliphatic heterocycles. The smallest absolute Gasteiger partial charge is 0.310 e. The molecule has 1 rings (SSSR count). The quantitative estimate of drug-likeness (QED) is 0.804. The Morgan fingerprint density at radius 3 is 2.65 bits per heavy atom. The summed E-state index contributed by atoms with van der Waals surface area (Å²) < 4.78 is 0.650. The fraction of sp³-hybridized carbons (Fsp3) is 0.636. The summed E-state index contributed by atoms with van der Waals surface area (Å²) in [6.45, 7) is 4.82. The number of thiazole rings is 1. The monoisotopic (exact) mass is 276 g/mol. The molecule has 0 bridgehead atoms. The summed E-state index contributed by atoms with van der Waals surface area (Å²) in [5, 5.41) is 13.3. The second-order valence-corrected chi connectivity index (χ2v) is 5.70. The third kappa shape index (κ3) is 3.66. The first-order valence-corrected chi connectivity index (χ1v) is 6.78. The van der Waals surface area contributed by atoms with E-state index in [2.05, 4.69) is 10.3 Å². The molecule has 0 spiro atoms. The summed E-state index contributed by atoms with van der Waals surface area (Å²) in [5.74, 6) is -0.743. The van der Waals surface area contributed by atoms with E-state index in [1.165, 1.54) is 11.3 Å². The lowest BCUT2D eigenvalue weighted by molar-refractivity contribution is -0.149. The maximum Gasteiger partial charge on any atom is 0.310 e. The fourth-order valence-electron chi connectivity index (χ4n) is 1.66. The van der Waals surface area contributed by atoms with Gasteiger partial charge in [0.25, 0.3) is 0 Å². The SMILES string of the molecule is CCC(CC)(CNCc1ncc(Cl)s1)C(=O)O. The van der Waals surface area contributed by atoms with Gasteiger partial charge in [0.2, 0.25) is 0 Å². The number of rotatable bonds is 7. The Kier molecular flexibility index (Phi) is 5.36. The molecule has 0 saturated carbocycles. The zero-order valence-corrected chi connectivity index (χ0v) is 11.6. The number of carboxylic acids is 1. The number of carboxylic acid groups (broad SMARTS) is 1. The molecule has 17 heavy (non-hydrogen) atoms. The number of nitrogens with one attached hydrogen (secondary N) is 1. The molecule has 0 aliphatic rings. The molecule has 1 aromatic heterocycles. The van der Waals surface area contributed by atoms with E-state index in [-0.39, 0.29) is 0 Å². The lowest BCUT2D eigenvalue weighted by Crippen LogP contribution is -2.39. The first-order valence-electron chi connectivity index (χ1n) is 5.58. The van der Waals surface area contributed by atoms with Gasteiger partial charge < -0.3 is 10.4 Å². The first-order chi connectivity index (χ1) is 8.04. The Hall–Kier alpha value is -0.650. The van der Waals surface area contributed by atoms with Gasteiger partial charge in [-0.05, 0) is 12.8 Å². The van der Waals surface area contributed by atoms with E-state index in [0.29, 0.717) is 30.3 Å². The molecule has 0 atom stereocenters. The van der Waals surface area contributed by atoms with Gasteiger partial charge in [-0.3, -0.25) is 4.79 Å². The van der Waals surface area contributed by atoms with E-state index in [4.69, 9.17) is 11.6 Å². The summed E-state index contributed by atoms with van der Waals surface area (Å²) in [4.78, 5) is 15.4. The van der Waals surface area contributed by atoms with Crippen LogP contribution in [0.3, 0.4) is 0 Å². The minimum atomic E-state index is -0.743. The third-order valence-electron chi connectivity index (χ3n) is 3.07. The Labute approximate surface area is 110 Å². The van der Waals surface area contributed by atoms with Crippen molar-refractivity contribution < 1.29 is 9.90 Å². The predicted octanol–water partition coefficient (Wildman–Crippen LogP) is 2.78. The maximum absolute atomic E-state index is 11.3. The van der Waals surface area contributed by atoms with E-state index in [1.807, 2.05) is 13.8 Å². The van der Waals surface area contributed by atoms with Crippen molar-refractivity contribution in [3.8, 4) is 0 Å². The second-order valence-electron chi connectivity index (χ2n) is 3.95. The van der Waals surface area contributed by atoms with E-state index < -0.39 is 11.4 Å². The summed E-state index contributed by atoms with van der Waals surface area (Å²) >= 11 is 7.17. The zero-order chi connectivity index (χ0) is 12.9. The highest BCUT2D eigenvalue weighted by atomic mass is 35.5. The van der Waals surface area contributed by atoms with Crippen molar-refractivity contribution in [1.29, 1.82) is 0 Å². The normalized spacial score (nSPS) is 11.7. The van der Waals surface area contributed by atoms with Crippen LogP contribution < -0.4 is 5.32 Å². The molecule has 0 aliphatic carbocycles. The second kappa shape index (κ2) is 6.33. The predicted molar refractivity (Wildman–Crippen MR) is 69.5 cm³/mol. The highest BCUT2D eigenvalue weighted by Crippen LogP contribution is 2.26. The highest BCUT2D eigenvalue weighted by molar-refractivity contribution is 7.15. The molecule has 0 saturated heterocycles. The van der Waals surface area contributed by atoms with Gasteiger partial charge in [0.05, 0.1) is 11.6 Å². The van der Waals surface area contributed by atoms with Crippen molar-refractivity contribution in [2.75, 3.05) is 6.54 Å². The summed E-state index contributed by atoms with van der Waals surface area (Å²) in [5.41, 5.74) is -0.680. The molecule has 6 heteroatoms. The average Bonchev–Trinajstić information content (AvgIpc) is 2.70. The van der Waals surface area contributed by atoms with Crippen LogP contribution in [0.5, 0.6) is 0 Å². The van der Waals surface area contributed by atoms with E-state index in [1.54, 1.807) is 6.20 Å². The zero-order valence-electron chi connectivity index (χ0n) is 9.99. The first kappa shape index (κ1) is 14.4. The number of nitrogens with zero attached hydrogens (tertiary/aromatic N) is 1. The lowest BCUT2D eigenvalue weighted by Gasteiger charge is -2.26. The van der Waals surface area contributed by atoms with Crippen LogP contribution in [-0.4, -0.2) is 22.6 Å². The van der Waals surface area contributed by atoms with E-state index >= 15 is 0 Å². The number of carbonyl (C=O) groups is 1. The molecule has 0 unspecified atom stereocenters. The van der Waals surface area contributed by atoms with Crippen molar-refractivity contribution in [3.05, 3.63) is 15.5 Å². The lowest BCUT2D eigenvalue weighted by atomic mass is 9.82. The van der Waals surface area contributed by atoms with Crippen LogP contribution in [0.2, 0.25) is 4.34 Å². The van der Waals surface area contributed by atoms with Gasteiger partial charge in [-0.25, -0.2) is 4.98 Å². The van der Waals surface area contributed by atoms with Crippen molar-refractivity contribution in [1.82, 2.24) is 10.3 Å². The molecule has 1 aromatic rings. The molecule has 0 aromatic carbocycles. The van der Waals surface area contributed by atoms with Gasteiger partial charge in [0.15, 0.2) is 0 Å². The van der Waals surface area contributed by atoms with Crippen molar-refractivity contribution >= 4 is 28.9 Å². The van der Waals surface area contributed by atoms with Gasteiger partial charge >= 0.3 is 5.97 Å².